The number of hydrogen-bond donors (Lipinski definition) is 0. The van der Waals surface area contributed by atoms with Crippen LogP contribution in [0.1, 0.15) is 6.92 Å². The van der Waals surface area contributed by atoms with Gasteiger partial charge in [-0.05, 0) is 67.1 Å². The third kappa shape index (κ3) is 3.68. The van der Waals surface area contributed by atoms with Crippen molar-refractivity contribution in [1.29, 1.82) is 0 Å². The van der Waals surface area contributed by atoms with Gasteiger partial charge in [-0.3, -0.25) is 0 Å². The molecule has 5 heterocycles. The van der Waals surface area contributed by atoms with E-state index in [1.54, 1.807) is 0 Å². The Morgan fingerprint density at radius 3 is 2.05 bits per heavy atom. The van der Waals surface area contributed by atoms with E-state index < -0.39 is 0 Å². The minimum absolute atomic E-state index is 0.939. The second-order valence-corrected chi connectivity index (χ2v) is 12.0. The van der Waals surface area contributed by atoms with Crippen LogP contribution < -0.4 is 0 Å². The zero-order valence-corrected chi connectivity index (χ0v) is 24.3. The molecule has 0 N–H and O–H groups in total. The molecule has 0 fully saturated rings. The van der Waals surface area contributed by atoms with Gasteiger partial charge in [-0.2, -0.15) is 5.10 Å². The first-order valence-electron chi connectivity index (χ1n) is 14.6. The standard InChI is InChI=1S/C38H26N4S/c1-2-41-33-14-7-6-11-27(33)28-21-25(15-17-34(28)41)31-12-8-13-32(40-31)26-16-18-35-29(22-26)30-23-37(24-9-4-3-5-10-24)43-38(30)36-19-20-39-42(35)36/h3-23H,2H2,1H3. The minimum atomic E-state index is 0.939. The summed E-state index contributed by atoms with van der Waals surface area (Å²) < 4.78 is 5.71. The molecule has 0 atom stereocenters. The van der Waals surface area contributed by atoms with Crippen molar-refractivity contribution in [3.63, 3.8) is 0 Å². The average Bonchev–Trinajstić information content (AvgIpc) is 3.81. The van der Waals surface area contributed by atoms with Crippen LogP contribution in [0.2, 0.25) is 0 Å². The van der Waals surface area contributed by atoms with Crippen LogP contribution in [0, 0.1) is 0 Å². The Labute approximate surface area is 252 Å². The van der Waals surface area contributed by atoms with E-state index in [1.165, 1.54) is 47.7 Å². The van der Waals surface area contributed by atoms with E-state index in [1.807, 2.05) is 17.5 Å². The van der Waals surface area contributed by atoms with Gasteiger partial charge in [0.1, 0.15) is 0 Å². The molecule has 4 aromatic carbocycles. The molecular weight excluding hydrogens is 545 g/mol. The summed E-state index contributed by atoms with van der Waals surface area (Å²) in [5.41, 5.74) is 10.2. The number of para-hydroxylation sites is 1. The van der Waals surface area contributed by atoms with Crippen molar-refractivity contribution in [3.8, 4) is 33.0 Å². The van der Waals surface area contributed by atoms with Crippen molar-refractivity contribution in [3.05, 3.63) is 128 Å². The van der Waals surface area contributed by atoms with Crippen molar-refractivity contribution in [2.45, 2.75) is 13.5 Å². The zero-order chi connectivity index (χ0) is 28.5. The van der Waals surface area contributed by atoms with Crippen LogP contribution >= 0.6 is 11.3 Å². The predicted octanol–water partition coefficient (Wildman–Crippen LogP) is 10.2. The first-order valence-corrected chi connectivity index (χ1v) is 15.5. The Morgan fingerprint density at radius 2 is 1.26 bits per heavy atom. The normalized spacial score (nSPS) is 11.9. The quantitative estimate of drug-likeness (QED) is 0.211. The van der Waals surface area contributed by atoms with E-state index in [9.17, 15) is 0 Å². The fourth-order valence-electron chi connectivity index (χ4n) is 6.60. The summed E-state index contributed by atoms with van der Waals surface area (Å²) in [6.07, 6.45) is 1.89. The number of rotatable bonds is 4. The summed E-state index contributed by atoms with van der Waals surface area (Å²) in [4.78, 5) is 6.45. The number of aryl methyl sites for hydroxylation is 1. The number of nitrogens with zero attached hydrogens (tertiary/aromatic N) is 4. The zero-order valence-electron chi connectivity index (χ0n) is 23.5. The monoisotopic (exact) mass is 570 g/mol. The van der Waals surface area contributed by atoms with Gasteiger partial charge in [0, 0.05) is 55.1 Å². The highest BCUT2D eigenvalue weighted by Gasteiger charge is 2.16. The molecule has 0 aliphatic heterocycles. The van der Waals surface area contributed by atoms with Crippen LogP contribution in [0.25, 0.3) is 81.3 Å². The maximum atomic E-state index is 5.19. The number of aromatic nitrogens is 4. The molecule has 0 spiro atoms. The molecule has 204 valence electrons. The fourth-order valence-corrected chi connectivity index (χ4v) is 7.79. The van der Waals surface area contributed by atoms with Gasteiger partial charge in [0.25, 0.3) is 0 Å². The van der Waals surface area contributed by atoms with Gasteiger partial charge in [0.15, 0.2) is 0 Å². The van der Waals surface area contributed by atoms with E-state index in [0.29, 0.717) is 0 Å². The van der Waals surface area contributed by atoms with Crippen LogP contribution in [-0.2, 0) is 6.54 Å². The molecule has 9 rings (SSSR count). The summed E-state index contributed by atoms with van der Waals surface area (Å²) in [7, 11) is 0. The molecule has 0 unspecified atom stereocenters. The molecular formula is C38H26N4S. The predicted molar refractivity (Wildman–Crippen MR) is 181 cm³/mol. The summed E-state index contributed by atoms with van der Waals surface area (Å²) >= 11 is 1.83. The smallest absolute Gasteiger partial charge is 0.0847 e. The Bertz CT molecular complexity index is 2500. The van der Waals surface area contributed by atoms with Crippen molar-refractivity contribution < 1.29 is 0 Å². The van der Waals surface area contributed by atoms with Gasteiger partial charge in [-0.1, -0.05) is 66.7 Å². The molecule has 43 heavy (non-hydrogen) atoms. The minimum Gasteiger partial charge on any atom is -0.341 e. The summed E-state index contributed by atoms with van der Waals surface area (Å²) in [5, 5.41) is 9.68. The SMILES string of the molecule is CCn1c2ccccc2c2cc(-c3cccc(-c4ccc5c(c4)c4cc(-c6ccccc6)sc4c4ccnn54)n3)ccc21. The molecule has 0 aliphatic rings. The third-order valence-electron chi connectivity index (χ3n) is 8.61. The molecule has 5 heteroatoms. The lowest BCUT2D eigenvalue weighted by Crippen LogP contribution is -1.93. The van der Waals surface area contributed by atoms with Gasteiger partial charge in [-0.25, -0.2) is 9.50 Å². The van der Waals surface area contributed by atoms with Gasteiger partial charge in [0.05, 0.1) is 33.3 Å². The number of fused-ring (bicyclic) bond motifs is 9. The van der Waals surface area contributed by atoms with Crippen LogP contribution in [0.5, 0.6) is 0 Å². The van der Waals surface area contributed by atoms with Gasteiger partial charge in [0.2, 0.25) is 0 Å². The van der Waals surface area contributed by atoms with Gasteiger partial charge in [-0.15, -0.1) is 11.3 Å². The van der Waals surface area contributed by atoms with E-state index in [4.69, 9.17) is 10.1 Å². The number of benzene rings is 4. The molecule has 0 bridgehead atoms. The number of hydrogen-bond acceptors (Lipinski definition) is 3. The first-order chi connectivity index (χ1) is 21.3. The largest absolute Gasteiger partial charge is 0.341 e. The molecule has 0 amide bonds. The second kappa shape index (κ2) is 9.38. The lowest BCUT2D eigenvalue weighted by molar-refractivity contribution is 0.827. The molecule has 4 nitrogen and oxygen atoms in total. The van der Waals surface area contributed by atoms with Crippen LogP contribution in [0.4, 0.5) is 0 Å². The van der Waals surface area contributed by atoms with Crippen molar-refractivity contribution in [2.75, 3.05) is 0 Å². The van der Waals surface area contributed by atoms with Crippen molar-refractivity contribution in [2.24, 2.45) is 0 Å². The van der Waals surface area contributed by atoms with E-state index >= 15 is 0 Å². The second-order valence-electron chi connectivity index (χ2n) is 11.0. The Kier molecular flexibility index (Phi) is 5.31. The maximum absolute atomic E-state index is 5.19. The lowest BCUT2D eigenvalue weighted by atomic mass is 10.0. The lowest BCUT2D eigenvalue weighted by Gasteiger charge is -2.09. The molecule has 0 radical (unpaired) electrons. The molecule has 9 aromatic rings. The number of thiophene rings is 1. The Hall–Kier alpha value is -5.26. The van der Waals surface area contributed by atoms with Crippen molar-refractivity contribution >= 4 is 59.6 Å². The van der Waals surface area contributed by atoms with E-state index in [0.717, 1.165) is 40.1 Å². The maximum Gasteiger partial charge on any atom is 0.0847 e. The molecule has 0 saturated carbocycles. The topological polar surface area (TPSA) is 35.1 Å². The summed E-state index contributed by atoms with van der Waals surface area (Å²) in [6.45, 7) is 3.15. The molecule has 0 saturated heterocycles. The third-order valence-corrected chi connectivity index (χ3v) is 9.82. The molecule has 5 aromatic heterocycles. The highest BCUT2D eigenvalue weighted by Crippen LogP contribution is 2.41. The van der Waals surface area contributed by atoms with Gasteiger partial charge >= 0.3 is 0 Å². The van der Waals surface area contributed by atoms with Gasteiger partial charge < -0.3 is 4.57 Å². The van der Waals surface area contributed by atoms with Crippen LogP contribution in [0.15, 0.2) is 128 Å². The fraction of sp³-hybridized carbons (Fsp3) is 0.0526. The van der Waals surface area contributed by atoms with Crippen molar-refractivity contribution in [1.82, 2.24) is 19.2 Å². The van der Waals surface area contributed by atoms with E-state index in [-0.39, 0.29) is 0 Å². The Morgan fingerprint density at radius 1 is 0.558 bits per heavy atom. The highest BCUT2D eigenvalue weighted by atomic mass is 32.1. The highest BCUT2D eigenvalue weighted by molar-refractivity contribution is 7.23. The molecule has 0 aliphatic carbocycles. The van der Waals surface area contributed by atoms with Crippen LogP contribution in [-0.4, -0.2) is 19.2 Å². The first kappa shape index (κ1) is 24.3. The summed E-state index contributed by atoms with van der Waals surface area (Å²) in [6, 6.07) is 43.5. The number of pyridine rings is 2. The Balaban J connectivity index is 1.20. The summed E-state index contributed by atoms with van der Waals surface area (Å²) in [5.74, 6) is 0. The van der Waals surface area contributed by atoms with E-state index in [2.05, 4.69) is 137 Å². The van der Waals surface area contributed by atoms with Crippen LogP contribution in [0.3, 0.4) is 0 Å². The average molecular weight is 571 g/mol.